The fraction of sp³-hybridized carbons (Fsp3) is 0.100. The SMILES string of the molecule is FC(F)(F)c1ccccc1C(Oc1[c]cccc1)c1ccccc1. The Labute approximate surface area is 138 Å². The topological polar surface area (TPSA) is 9.23 Å². The van der Waals surface area contributed by atoms with Gasteiger partial charge in [-0.2, -0.15) is 13.2 Å². The zero-order valence-electron chi connectivity index (χ0n) is 12.6. The summed E-state index contributed by atoms with van der Waals surface area (Å²) in [6, 6.07) is 24.1. The fourth-order valence-electron chi connectivity index (χ4n) is 2.50. The van der Waals surface area contributed by atoms with Crippen LogP contribution in [-0.4, -0.2) is 0 Å². The molecule has 0 amide bonds. The lowest BCUT2D eigenvalue weighted by Gasteiger charge is -2.23. The molecule has 1 atom stereocenters. The van der Waals surface area contributed by atoms with E-state index in [9.17, 15) is 13.2 Å². The zero-order chi connectivity index (χ0) is 17.0. The van der Waals surface area contributed by atoms with Crippen molar-refractivity contribution in [3.05, 3.63) is 102 Å². The van der Waals surface area contributed by atoms with Crippen molar-refractivity contribution in [1.29, 1.82) is 0 Å². The van der Waals surface area contributed by atoms with E-state index in [1.54, 1.807) is 54.6 Å². The Hall–Kier alpha value is -2.75. The van der Waals surface area contributed by atoms with Crippen LogP contribution >= 0.6 is 0 Å². The first-order valence-corrected chi connectivity index (χ1v) is 7.40. The van der Waals surface area contributed by atoms with Crippen LogP contribution < -0.4 is 4.74 Å². The van der Waals surface area contributed by atoms with E-state index in [4.69, 9.17) is 4.74 Å². The van der Waals surface area contributed by atoms with E-state index in [1.807, 2.05) is 6.07 Å². The molecule has 0 aliphatic carbocycles. The molecule has 3 aromatic carbocycles. The second-order valence-electron chi connectivity index (χ2n) is 5.22. The van der Waals surface area contributed by atoms with Gasteiger partial charge < -0.3 is 4.74 Å². The van der Waals surface area contributed by atoms with Crippen LogP contribution in [0.25, 0.3) is 0 Å². The van der Waals surface area contributed by atoms with Crippen molar-refractivity contribution in [2.45, 2.75) is 12.3 Å². The maximum atomic E-state index is 13.4. The largest absolute Gasteiger partial charge is 0.480 e. The fourth-order valence-corrected chi connectivity index (χ4v) is 2.50. The molecule has 0 aliphatic heterocycles. The Morgan fingerprint density at radius 1 is 0.792 bits per heavy atom. The molecule has 1 nitrogen and oxygen atoms in total. The van der Waals surface area contributed by atoms with Crippen molar-refractivity contribution in [1.82, 2.24) is 0 Å². The lowest BCUT2D eigenvalue weighted by atomic mass is 9.96. The van der Waals surface area contributed by atoms with Gasteiger partial charge in [0.2, 0.25) is 0 Å². The van der Waals surface area contributed by atoms with Gasteiger partial charge in [-0.05, 0) is 17.7 Å². The van der Waals surface area contributed by atoms with E-state index in [-0.39, 0.29) is 5.56 Å². The minimum Gasteiger partial charge on any atom is -0.480 e. The van der Waals surface area contributed by atoms with Gasteiger partial charge in [0.1, 0.15) is 11.9 Å². The highest BCUT2D eigenvalue weighted by Gasteiger charge is 2.36. The maximum absolute atomic E-state index is 13.4. The summed E-state index contributed by atoms with van der Waals surface area (Å²) in [6.07, 6.45) is -5.32. The summed E-state index contributed by atoms with van der Waals surface area (Å²) in [5, 5.41) is 0. The van der Waals surface area contributed by atoms with Crippen LogP contribution in [0.1, 0.15) is 22.8 Å². The quantitative estimate of drug-likeness (QED) is 0.599. The molecule has 0 aromatic heterocycles. The smallest absolute Gasteiger partial charge is 0.416 e. The van der Waals surface area contributed by atoms with Crippen LogP contribution in [0.3, 0.4) is 0 Å². The Morgan fingerprint density at radius 3 is 2.12 bits per heavy atom. The van der Waals surface area contributed by atoms with E-state index in [0.29, 0.717) is 11.3 Å². The molecule has 24 heavy (non-hydrogen) atoms. The molecular weight excluding hydrogens is 313 g/mol. The summed E-state index contributed by atoms with van der Waals surface area (Å²) in [4.78, 5) is 0. The number of alkyl halides is 3. The number of ether oxygens (including phenoxy) is 1. The van der Waals surface area contributed by atoms with E-state index in [1.165, 1.54) is 12.1 Å². The molecule has 121 valence electrons. The van der Waals surface area contributed by atoms with E-state index in [0.717, 1.165) is 6.07 Å². The summed E-state index contributed by atoms with van der Waals surface area (Å²) in [5.41, 5.74) is 0.0229. The molecule has 0 spiro atoms. The molecule has 0 fully saturated rings. The van der Waals surface area contributed by atoms with Gasteiger partial charge in [-0.15, -0.1) is 0 Å². The molecule has 1 radical (unpaired) electrons. The number of benzene rings is 3. The van der Waals surface area contributed by atoms with Crippen molar-refractivity contribution < 1.29 is 17.9 Å². The molecule has 0 saturated heterocycles. The second kappa shape index (κ2) is 6.79. The van der Waals surface area contributed by atoms with Gasteiger partial charge in [0.25, 0.3) is 0 Å². The Balaban J connectivity index is 2.09. The van der Waals surface area contributed by atoms with Crippen molar-refractivity contribution in [3.8, 4) is 5.75 Å². The van der Waals surface area contributed by atoms with Gasteiger partial charge >= 0.3 is 6.18 Å². The van der Waals surface area contributed by atoms with Gasteiger partial charge in [0, 0.05) is 11.6 Å². The number of rotatable bonds is 4. The van der Waals surface area contributed by atoms with Gasteiger partial charge in [-0.1, -0.05) is 66.7 Å². The van der Waals surface area contributed by atoms with Gasteiger partial charge in [0.05, 0.1) is 5.56 Å². The summed E-state index contributed by atoms with van der Waals surface area (Å²) in [6.45, 7) is 0. The van der Waals surface area contributed by atoms with Crippen molar-refractivity contribution in [2.75, 3.05) is 0 Å². The summed E-state index contributed by atoms with van der Waals surface area (Å²) >= 11 is 0. The summed E-state index contributed by atoms with van der Waals surface area (Å²) < 4.78 is 46.1. The predicted octanol–water partition coefficient (Wildman–Crippen LogP) is 5.67. The summed E-state index contributed by atoms with van der Waals surface area (Å²) in [7, 11) is 0. The predicted molar refractivity (Wildman–Crippen MR) is 85.6 cm³/mol. The van der Waals surface area contributed by atoms with Crippen molar-refractivity contribution >= 4 is 0 Å². The van der Waals surface area contributed by atoms with Crippen LogP contribution in [0.5, 0.6) is 5.75 Å². The lowest BCUT2D eigenvalue weighted by molar-refractivity contribution is -0.138. The normalized spacial score (nSPS) is 12.6. The van der Waals surface area contributed by atoms with Crippen molar-refractivity contribution in [3.63, 3.8) is 0 Å². The van der Waals surface area contributed by atoms with Crippen LogP contribution in [0.2, 0.25) is 0 Å². The lowest BCUT2D eigenvalue weighted by Crippen LogP contribution is -2.16. The zero-order valence-corrected chi connectivity index (χ0v) is 12.6. The monoisotopic (exact) mass is 327 g/mol. The molecule has 0 saturated carbocycles. The Morgan fingerprint density at radius 2 is 1.46 bits per heavy atom. The molecule has 3 aromatic rings. The first-order valence-electron chi connectivity index (χ1n) is 7.40. The minimum atomic E-state index is -4.45. The number of hydrogen-bond acceptors (Lipinski definition) is 1. The van der Waals surface area contributed by atoms with Crippen molar-refractivity contribution in [2.24, 2.45) is 0 Å². The van der Waals surface area contributed by atoms with Gasteiger partial charge in [-0.3, -0.25) is 0 Å². The third kappa shape index (κ3) is 3.59. The molecular formula is C20H14F3O. The Kier molecular flexibility index (Phi) is 4.56. The molecule has 0 aliphatic rings. The Bertz CT molecular complexity index is 783. The number of halogens is 3. The molecule has 3 rings (SSSR count). The van der Waals surface area contributed by atoms with E-state index < -0.39 is 17.8 Å². The minimum absolute atomic E-state index is 0.0773. The number of para-hydroxylation sites is 1. The third-order valence-electron chi connectivity index (χ3n) is 3.58. The molecule has 0 heterocycles. The molecule has 0 bridgehead atoms. The van der Waals surface area contributed by atoms with Gasteiger partial charge in [-0.25, -0.2) is 0 Å². The van der Waals surface area contributed by atoms with Crippen LogP contribution in [0, 0.1) is 6.07 Å². The van der Waals surface area contributed by atoms with Gasteiger partial charge in [0.15, 0.2) is 0 Å². The van der Waals surface area contributed by atoms with Crippen LogP contribution in [0.4, 0.5) is 13.2 Å². The van der Waals surface area contributed by atoms with E-state index >= 15 is 0 Å². The first-order chi connectivity index (χ1) is 11.6. The van der Waals surface area contributed by atoms with E-state index in [2.05, 4.69) is 6.07 Å². The second-order valence-corrected chi connectivity index (χ2v) is 5.22. The van der Waals surface area contributed by atoms with Crippen LogP contribution in [0.15, 0.2) is 78.9 Å². The first kappa shape index (κ1) is 16.1. The molecule has 1 unspecified atom stereocenters. The third-order valence-corrected chi connectivity index (χ3v) is 3.58. The summed E-state index contributed by atoms with van der Waals surface area (Å²) in [5.74, 6) is 0.392. The highest BCUT2D eigenvalue weighted by Crippen LogP contribution is 2.38. The number of hydrogen-bond donors (Lipinski definition) is 0. The average molecular weight is 327 g/mol. The van der Waals surface area contributed by atoms with Crippen LogP contribution in [-0.2, 0) is 6.18 Å². The average Bonchev–Trinajstić information content (AvgIpc) is 2.61. The highest BCUT2D eigenvalue weighted by molar-refractivity contribution is 5.39. The maximum Gasteiger partial charge on any atom is 0.416 e. The molecule has 0 N–H and O–H groups in total. The standard InChI is InChI=1S/C20H14F3O/c21-20(22,23)18-14-8-7-13-17(18)19(15-9-3-1-4-10-15)24-16-11-5-2-6-12-16/h1-11,13-14,19H. The highest BCUT2D eigenvalue weighted by atomic mass is 19.4. The molecule has 4 heteroatoms.